The number of carbonyl (C=O) groups is 2. The second kappa shape index (κ2) is 8.96. The Morgan fingerprint density at radius 2 is 1.70 bits per heavy atom. The maximum absolute atomic E-state index is 12.8. The van der Waals surface area contributed by atoms with E-state index in [-0.39, 0.29) is 17.7 Å². The highest BCUT2D eigenvalue weighted by Gasteiger charge is 2.26. The van der Waals surface area contributed by atoms with E-state index in [2.05, 4.69) is 11.0 Å². The Kier molecular flexibility index (Phi) is 6.40. The van der Waals surface area contributed by atoms with Gasteiger partial charge >= 0.3 is 5.97 Å². The molecule has 0 aliphatic carbocycles. The predicted octanol–water partition coefficient (Wildman–Crippen LogP) is 4.00. The van der Waals surface area contributed by atoms with Crippen molar-refractivity contribution < 1.29 is 14.3 Å². The normalized spacial score (nSPS) is 15.5. The first kappa shape index (κ1) is 19.3. The van der Waals surface area contributed by atoms with Crippen molar-refractivity contribution in [3.63, 3.8) is 0 Å². The SMILES string of the molecule is CCOC(=O)C1CCN(Cc2cccc(C(=O)c3cccc(C)c3)c2)CC1. The van der Waals surface area contributed by atoms with Crippen LogP contribution in [0.15, 0.2) is 48.5 Å². The van der Waals surface area contributed by atoms with Crippen molar-refractivity contribution >= 4 is 11.8 Å². The molecule has 3 rings (SSSR count). The Morgan fingerprint density at radius 3 is 2.37 bits per heavy atom. The Balaban J connectivity index is 1.62. The molecule has 0 saturated carbocycles. The maximum Gasteiger partial charge on any atom is 0.309 e. The fourth-order valence-corrected chi connectivity index (χ4v) is 3.61. The van der Waals surface area contributed by atoms with Crippen molar-refractivity contribution in [3.8, 4) is 0 Å². The Morgan fingerprint density at radius 1 is 1.04 bits per heavy atom. The van der Waals surface area contributed by atoms with E-state index in [1.807, 2.05) is 56.3 Å². The summed E-state index contributed by atoms with van der Waals surface area (Å²) in [6.07, 6.45) is 1.67. The van der Waals surface area contributed by atoms with Gasteiger partial charge in [-0.2, -0.15) is 0 Å². The summed E-state index contributed by atoms with van der Waals surface area (Å²) in [4.78, 5) is 27.0. The highest BCUT2D eigenvalue weighted by Crippen LogP contribution is 2.21. The number of piperidine rings is 1. The number of hydrogen-bond acceptors (Lipinski definition) is 4. The third-order valence-electron chi connectivity index (χ3n) is 5.08. The fraction of sp³-hybridized carbons (Fsp3) is 0.391. The van der Waals surface area contributed by atoms with Crippen LogP contribution in [-0.2, 0) is 16.1 Å². The topological polar surface area (TPSA) is 46.6 Å². The zero-order valence-corrected chi connectivity index (χ0v) is 16.1. The Bertz CT molecular complexity index is 807. The smallest absolute Gasteiger partial charge is 0.309 e. The van der Waals surface area contributed by atoms with Gasteiger partial charge in [0.1, 0.15) is 0 Å². The van der Waals surface area contributed by atoms with Gasteiger partial charge in [-0.05, 0) is 57.5 Å². The second-order valence-electron chi connectivity index (χ2n) is 7.20. The molecular formula is C23H27NO3. The summed E-state index contributed by atoms with van der Waals surface area (Å²) in [5, 5.41) is 0. The molecule has 1 fully saturated rings. The van der Waals surface area contributed by atoms with Crippen LogP contribution in [0.2, 0.25) is 0 Å². The minimum atomic E-state index is -0.0668. The molecule has 0 amide bonds. The zero-order chi connectivity index (χ0) is 19.2. The van der Waals surface area contributed by atoms with Crippen LogP contribution < -0.4 is 0 Å². The van der Waals surface area contributed by atoms with Gasteiger partial charge in [-0.25, -0.2) is 0 Å². The molecule has 0 bridgehead atoms. The van der Waals surface area contributed by atoms with E-state index in [0.717, 1.165) is 54.7 Å². The molecule has 1 aliphatic heterocycles. The molecule has 0 N–H and O–H groups in total. The molecule has 2 aromatic carbocycles. The van der Waals surface area contributed by atoms with Gasteiger partial charge in [0.05, 0.1) is 12.5 Å². The molecule has 1 aliphatic rings. The van der Waals surface area contributed by atoms with Crippen LogP contribution in [0.1, 0.15) is 46.8 Å². The van der Waals surface area contributed by atoms with Crippen LogP contribution >= 0.6 is 0 Å². The minimum absolute atomic E-state index is 0.0235. The highest BCUT2D eigenvalue weighted by atomic mass is 16.5. The molecule has 1 heterocycles. The lowest BCUT2D eigenvalue weighted by Crippen LogP contribution is -2.36. The molecule has 4 heteroatoms. The summed E-state index contributed by atoms with van der Waals surface area (Å²) >= 11 is 0. The first-order chi connectivity index (χ1) is 13.1. The number of ether oxygens (including phenoxy) is 1. The van der Waals surface area contributed by atoms with Crippen LogP contribution in [0.4, 0.5) is 0 Å². The molecule has 142 valence electrons. The summed E-state index contributed by atoms with van der Waals surface area (Å²) in [6, 6.07) is 15.6. The molecule has 0 aromatic heterocycles. The van der Waals surface area contributed by atoms with Gasteiger partial charge in [0.2, 0.25) is 0 Å². The first-order valence-corrected chi connectivity index (χ1v) is 9.66. The molecule has 0 unspecified atom stereocenters. The predicted molar refractivity (Wildman–Crippen MR) is 106 cm³/mol. The first-order valence-electron chi connectivity index (χ1n) is 9.66. The fourth-order valence-electron chi connectivity index (χ4n) is 3.61. The van der Waals surface area contributed by atoms with Gasteiger partial charge in [0, 0.05) is 17.7 Å². The van der Waals surface area contributed by atoms with Gasteiger partial charge < -0.3 is 4.74 Å². The number of nitrogens with zero attached hydrogens (tertiary/aromatic N) is 1. The standard InChI is InChI=1S/C23H27NO3/c1-3-27-23(26)19-10-12-24(13-11-19)16-18-7-5-9-21(15-18)22(25)20-8-4-6-17(2)14-20/h4-9,14-15,19H,3,10-13,16H2,1-2H3. The molecule has 0 radical (unpaired) electrons. The summed E-state index contributed by atoms with van der Waals surface area (Å²) in [5.41, 5.74) is 3.66. The zero-order valence-electron chi connectivity index (χ0n) is 16.1. The van der Waals surface area contributed by atoms with E-state index >= 15 is 0 Å². The summed E-state index contributed by atoms with van der Waals surface area (Å²) in [5.74, 6) is 0.0138. The van der Waals surface area contributed by atoms with E-state index in [9.17, 15) is 9.59 Å². The van der Waals surface area contributed by atoms with E-state index in [1.165, 1.54) is 0 Å². The number of aryl methyl sites for hydroxylation is 1. The lowest BCUT2D eigenvalue weighted by Gasteiger charge is -2.30. The van der Waals surface area contributed by atoms with E-state index in [1.54, 1.807) is 0 Å². The van der Waals surface area contributed by atoms with Crippen LogP contribution in [0, 0.1) is 12.8 Å². The number of hydrogen-bond donors (Lipinski definition) is 0. The average molecular weight is 365 g/mol. The van der Waals surface area contributed by atoms with Gasteiger partial charge in [0.15, 0.2) is 5.78 Å². The second-order valence-corrected chi connectivity index (χ2v) is 7.20. The third-order valence-corrected chi connectivity index (χ3v) is 5.08. The lowest BCUT2D eigenvalue weighted by atomic mass is 9.96. The largest absolute Gasteiger partial charge is 0.466 e. The number of benzene rings is 2. The van der Waals surface area contributed by atoms with Crippen molar-refractivity contribution in [2.24, 2.45) is 5.92 Å². The monoisotopic (exact) mass is 365 g/mol. The average Bonchev–Trinajstić information content (AvgIpc) is 2.68. The van der Waals surface area contributed by atoms with Crippen molar-refractivity contribution in [2.45, 2.75) is 33.2 Å². The molecule has 4 nitrogen and oxygen atoms in total. The van der Waals surface area contributed by atoms with E-state index in [0.29, 0.717) is 6.61 Å². The van der Waals surface area contributed by atoms with Crippen molar-refractivity contribution in [2.75, 3.05) is 19.7 Å². The van der Waals surface area contributed by atoms with Crippen molar-refractivity contribution in [1.29, 1.82) is 0 Å². The Labute approximate surface area is 161 Å². The van der Waals surface area contributed by atoms with Gasteiger partial charge in [-0.15, -0.1) is 0 Å². The maximum atomic E-state index is 12.8. The number of ketones is 1. The van der Waals surface area contributed by atoms with Crippen LogP contribution in [0.25, 0.3) is 0 Å². The number of carbonyl (C=O) groups excluding carboxylic acids is 2. The van der Waals surface area contributed by atoms with Gasteiger partial charge in [-0.3, -0.25) is 14.5 Å². The van der Waals surface area contributed by atoms with E-state index < -0.39 is 0 Å². The molecule has 27 heavy (non-hydrogen) atoms. The lowest BCUT2D eigenvalue weighted by molar-refractivity contribution is -0.149. The van der Waals surface area contributed by atoms with Gasteiger partial charge in [-0.1, -0.05) is 42.0 Å². The van der Waals surface area contributed by atoms with E-state index in [4.69, 9.17) is 4.74 Å². The Hall–Kier alpha value is -2.46. The molecule has 2 aromatic rings. The number of likely N-dealkylation sites (tertiary alicyclic amines) is 1. The molecule has 1 saturated heterocycles. The summed E-state index contributed by atoms with van der Waals surface area (Å²) < 4.78 is 5.13. The van der Waals surface area contributed by atoms with Crippen molar-refractivity contribution in [1.82, 2.24) is 4.90 Å². The molecule has 0 atom stereocenters. The van der Waals surface area contributed by atoms with Crippen LogP contribution in [-0.4, -0.2) is 36.3 Å². The third kappa shape index (κ3) is 5.04. The summed E-state index contributed by atoms with van der Waals surface area (Å²) in [7, 11) is 0. The quantitative estimate of drug-likeness (QED) is 0.573. The highest BCUT2D eigenvalue weighted by molar-refractivity contribution is 6.09. The minimum Gasteiger partial charge on any atom is -0.466 e. The van der Waals surface area contributed by atoms with Crippen molar-refractivity contribution in [3.05, 3.63) is 70.8 Å². The van der Waals surface area contributed by atoms with Crippen LogP contribution in [0.3, 0.4) is 0 Å². The number of rotatable bonds is 6. The van der Waals surface area contributed by atoms with Crippen LogP contribution in [0.5, 0.6) is 0 Å². The summed E-state index contributed by atoms with van der Waals surface area (Å²) in [6.45, 7) is 6.83. The molecular weight excluding hydrogens is 338 g/mol. The molecule has 0 spiro atoms. The number of esters is 1. The van der Waals surface area contributed by atoms with Gasteiger partial charge in [0.25, 0.3) is 0 Å².